The first-order chi connectivity index (χ1) is 42.5. The quantitative estimate of drug-likeness (QED) is 0.0320. The first-order valence-electron chi connectivity index (χ1n) is 39.9. The van der Waals surface area contributed by atoms with Crippen molar-refractivity contribution in [2.24, 2.45) is 0 Å². The Morgan fingerprint density at radius 3 is 0.826 bits per heavy atom. The van der Waals surface area contributed by atoms with E-state index >= 15 is 0 Å². The molecule has 86 heavy (non-hydrogen) atoms. The summed E-state index contributed by atoms with van der Waals surface area (Å²) in [5, 5.41) is 23.5. The number of carbonyl (C=O) groups excluding carboxylic acids is 2. The lowest BCUT2D eigenvalue weighted by atomic mass is 10.0. The van der Waals surface area contributed by atoms with E-state index in [0.717, 1.165) is 38.5 Å². The van der Waals surface area contributed by atoms with Gasteiger partial charge in [0.15, 0.2) is 0 Å². The van der Waals surface area contributed by atoms with Gasteiger partial charge in [-0.2, -0.15) is 0 Å². The summed E-state index contributed by atoms with van der Waals surface area (Å²) in [6, 6.07) is -0.540. The van der Waals surface area contributed by atoms with Gasteiger partial charge in [0.1, 0.15) is 0 Å². The van der Waals surface area contributed by atoms with Gasteiger partial charge in [-0.25, -0.2) is 0 Å². The SMILES string of the molecule is CCCCCCCCCCCCCCCCCCCCCCCCCC(O)C(CO)NC(=O)CCCCCCCCCCCCCCCCCCC/C=C\CCCCCCCCCCCCCCOC(=O)CCCCCCCCCCCCCCC. The van der Waals surface area contributed by atoms with E-state index in [1.54, 1.807) is 0 Å². The molecule has 0 rings (SSSR count). The fraction of sp³-hybridized carbons (Fsp3) is 0.950. The van der Waals surface area contributed by atoms with Gasteiger partial charge >= 0.3 is 5.97 Å². The summed E-state index contributed by atoms with van der Waals surface area (Å²) in [5.41, 5.74) is 0. The lowest BCUT2D eigenvalue weighted by Gasteiger charge is -2.22. The van der Waals surface area contributed by atoms with Crippen LogP contribution in [0.25, 0.3) is 0 Å². The van der Waals surface area contributed by atoms with Crippen LogP contribution >= 0.6 is 0 Å². The highest BCUT2D eigenvalue weighted by Crippen LogP contribution is 2.20. The van der Waals surface area contributed by atoms with E-state index in [0.29, 0.717) is 25.9 Å². The van der Waals surface area contributed by atoms with Crippen molar-refractivity contribution < 1.29 is 24.5 Å². The molecule has 0 aliphatic carbocycles. The molecule has 2 unspecified atom stereocenters. The zero-order valence-electron chi connectivity index (χ0n) is 58.8. The van der Waals surface area contributed by atoms with Gasteiger partial charge in [0, 0.05) is 12.8 Å². The zero-order valence-corrected chi connectivity index (χ0v) is 58.8. The van der Waals surface area contributed by atoms with Gasteiger partial charge in [-0.15, -0.1) is 0 Å². The molecule has 512 valence electrons. The molecule has 1 amide bonds. The number of unbranched alkanes of at least 4 members (excludes halogenated alkanes) is 63. The topological polar surface area (TPSA) is 95.9 Å². The molecule has 0 spiro atoms. The minimum absolute atomic E-state index is 0.0215. The third kappa shape index (κ3) is 71.7. The third-order valence-electron chi connectivity index (χ3n) is 19.1. The van der Waals surface area contributed by atoms with Crippen molar-refractivity contribution in [2.45, 2.75) is 475 Å². The lowest BCUT2D eigenvalue weighted by Crippen LogP contribution is -2.45. The molecule has 0 aromatic heterocycles. The fourth-order valence-corrected chi connectivity index (χ4v) is 13.0. The number of aliphatic hydroxyl groups is 2. The molecule has 0 bridgehead atoms. The van der Waals surface area contributed by atoms with Crippen LogP contribution in [-0.2, 0) is 14.3 Å². The predicted octanol–water partition coefficient (Wildman–Crippen LogP) is 26.3. The van der Waals surface area contributed by atoms with Crippen LogP contribution in [0.4, 0.5) is 0 Å². The first kappa shape index (κ1) is 84.6. The summed E-state index contributed by atoms with van der Waals surface area (Å²) in [6.07, 6.45) is 95.9. The Bertz CT molecular complexity index is 1300. The molecule has 3 N–H and O–H groups in total. The number of aliphatic hydroxyl groups excluding tert-OH is 2. The van der Waals surface area contributed by atoms with E-state index < -0.39 is 12.1 Å². The lowest BCUT2D eigenvalue weighted by molar-refractivity contribution is -0.143. The van der Waals surface area contributed by atoms with Crippen LogP contribution in [0, 0.1) is 0 Å². The highest BCUT2D eigenvalue weighted by molar-refractivity contribution is 5.76. The number of hydrogen-bond donors (Lipinski definition) is 3. The summed E-state index contributed by atoms with van der Waals surface area (Å²) < 4.78 is 5.49. The maximum absolute atomic E-state index is 12.6. The van der Waals surface area contributed by atoms with E-state index in [2.05, 4.69) is 31.3 Å². The van der Waals surface area contributed by atoms with Crippen LogP contribution in [0.5, 0.6) is 0 Å². The van der Waals surface area contributed by atoms with Gasteiger partial charge in [-0.1, -0.05) is 411 Å². The van der Waals surface area contributed by atoms with Crippen molar-refractivity contribution in [1.29, 1.82) is 0 Å². The van der Waals surface area contributed by atoms with Gasteiger partial charge in [-0.3, -0.25) is 9.59 Å². The Hall–Kier alpha value is -1.40. The van der Waals surface area contributed by atoms with Gasteiger partial charge < -0.3 is 20.3 Å². The third-order valence-corrected chi connectivity index (χ3v) is 19.1. The van der Waals surface area contributed by atoms with Crippen LogP contribution in [0.1, 0.15) is 463 Å². The Morgan fingerprint density at radius 1 is 0.314 bits per heavy atom. The Labute approximate surface area is 539 Å². The Kier molecular flexibility index (Phi) is 74.8. The zero-order chi connectivity index (χ0) is 62.0. The largest absolute Gasteiger partial charge is 0.466 e. The van der Waals surface area contributed by atoms with Crippen LogP contribution < -0.4 is 5.32 Å². The molecule has 2 atom stereocenters. The van der Waals surface area contributed by atoms with E-state index in [1.165, 1.54) is 392 Å². The maximum Gasteiger partial charge on any atom is 0.305 e. The van der Waals surface area contributed by atoms with E-state index in [-0.39, 0.29) is 18.5 Å². The van der Waals surface area contributed by atoms with Crippen molar-refractivity contribution in [3.05, 3.63) is 12.2 Å². The van der Waals surface area contributed by atoms with Crippen molar-refractivity contribution in [3.63, 3.8) is 0 Å². The average Bonchev–Trinajstić information content (AvgIpc) is 3.57. The summed E-state index contributed by atoms with van der Waals surface area (Å²) in [7, 11) is 0. The molecule has 0 fully saturated rings. The van der Waals surface area contributed by atoms with Gasteiger partial charge in [0.05, 0.1) is 25.4 Å². The second-order valence-corrected chi connectivity index (χ2v) is 27.8. The smallest absolute Gasteiger partial charge is 0.305 e. The molecule has 0 saturated heterocycles. The molecule has 0 heterocycles. The Balaban J connectivity index is 3.35. The molecule has 0 saturated carbocycles. The summed E-state index contributed by atoms with van der Waals surface area (Å²) in [6.45, 7) is 5.01. The molecule has 0 aliphatic heterocycles. The van der Waals surface area contributed by atoms with Crippen LogP contribution in [0.3, 0.4) is 0 Å². The number of ether oxygens (including phenoxy) is 1. The average molecular weight is 1210 g/mol. The normalized spacial score (nSPS) is 12.5. The van der Waals surface area contributed by atoms with Crippen LogP contribution in [0.2, 0.25) is 0 Å². The maximum atomic E-state index is 12.6. The number of carbonyl (C=O) groups is 2. The van der Waals surface area contributed by atoms with E-state index in [1.807, 2.05) is 0 Å². The van der Waals surface area contributed by atoms with Crippen molar-refractivity contribution in [3.8, 4) is 0 Å². The minimum Gasteiger partial charge on any atom is -0.466 e. The van der Waals surface area contributed by atoms with Gasteiger partial charge in [-0.05, 0) is 51.4 Å². The molecule has 0 aliphatic rings. The number of allylic oxidation sites excluding steroid dienone is 2. The summed E-state index contributed by atoms with van der Waals surface area (Å²) in [4.78, 5) is 24.6. The van der Waals surface area contributed by atoms with Crippen LogP contribution in [-0.4, -0.2) is 47.4 Å². The molecular formula is C80H157NO5. The Morgan fingerprint density at radius 2 is 0.547 bits per heavy atom. The molecule has 6 heteroatoms. The minimum atomic E-state index is -0.663. The standard InChI is InChI=1S/C80H157NO5/c1-3-5-7-9-11-13-15-17-18-19-20-21-33-36-39-42-45-49-52-56-60-64-68-72-78(83)77(76-82)81-79(84)73-69-65-61-57-53-50-46-43-40-37-34-31-29-27-25-23-22-24-26-28-30-32-35-38-41-44-47-51-55-59-63-67-71-75-86-80(85)74-70-66-62-58-54-48-16-14-12-10-8-6-4-2/h26,28,77-78,82-83H,3-25,27,29-76H2,1-2H3,(H,81,84)/b28-26-. The van der Waals surface area contributed by atoms with Crippen LogP contribution in [0.15, 0.2) is 12.2 Å². The van der Waals surface area contributed by atoms with E-state index in [9.17, 15) is 19.8 Å². The molecule has 0 radical (unpaired) electrons. The van der Waals surface area contributed by atoms with E-state index in [4.69, 9.17) is 4.74 Å². The fourth-order valence-electron chi connectivity index (χ4n) is 13.0. The molecular weight excluding hydrogens is 1050 g/mol. The van der Waals surface area contributed by atoms with Gasteiger partial charge in [0.2, 0.25) is 5.91 Å². The second-order valence-electron chi connectivity index (χ2n) is 27.8. The predicted molar refractivity (Wildman–Crippen MR) is 380 cm³/mol. The second kappa shape index (κ2) is 76.1. The van der Waals surface area contributed by atoms with Crippen molar-refractivity contribution >= 4 is 11.9 Å². The van der Waals surface area contributed by atoms with Crippen molar-refractivity contribution in [1.82, 2.24) is 5.32 Å². The highest BCUT2D eigenvalue weighted by atomic mass is 16.5. The number of amides is 1. The first-order valence-corrected chi connectivity index (χ1v) is 39.9. The monoisotopic (exact) mass is 1210 g/mol. The number of hydrogen-bond acceptors (Lipinski definition) is 5. The number of esters is 1. The van der Waals surface area contributed by atoms with Gasteiger partial charge in [0.25, 0.3) is 0 Å². The highest BCUT2D eigenvalue weighted by Gasteiger charge is 2.20. The molecule has 0 aromatic carbocycles. The van der Waals surface area contributed by atoms with Crippen molar-refractivity contribution in [2.75, 3.05) is 13.2 Å². The molecule has 6 nitrogen and oxygen atoms in total. The number of nitrogens with one attached hydrogen (secondary N) is 1. The summed E-state index contributed by atoms with van der Waals surface area (Å²) >= 11 is 0. The summed E-state index contributed by atoms with van der Waals surface area (Å²) in [5.74, 6) is -0.00431. The number of rotatable bonds is 76. The molecule has 0 aromatic rings.